The third-order valence-electron chi connectivity index (χ3n) is 3.59. The van der Waals surface area contributed by atoms with Crippen molar-refractivity contribution in [3.8, 4) is 0 Å². The van der Waals surface area contributed by atoms with Gasteiger partial charge in [-0.3, -0.25) is 4.79 Å². The first-order valence-corrected chi connectivity index (χ1v) is 10.9. The van der Waals surface area contributed by atoms with Gasteiger partial charge in [-0.15, -0.1) is 0 Å². The molecule has 0 fully saturated rings. The molecule has 2 unspecified atom stereocenters. The summed E-state index contributed by atoms with van der Waals surface area (Å²) in [6, 6.07) is 0.464. The molecule has 2 N–H and O–H groups in total. The number of unbranched alkanes of at least 4 members (excludes halogenated alkanes) is 1. The molecule has 3 nitrogen and oxygen atoms in total. The molecule has 22 heavy (non-hydrogen) atoms. The average molecular weight is 349 g/mol. The lowest BCUT2D eigenvalue weighted by atomic mass is 10.0. The summed E-state index contributed by atoms with van der Waals surface area (Å²) in [5, 5.41) is 6.83. The van der Waals surface area contributed by atoms with Gasteiger partial charge in [0.05, 0.1) is 6.04 Å². The van der Waals surface area contributed by atoms with Crippen LogP contribution in [0.4, 0.5) is 0 Å². The van der Waals surface area contributed by atoms with Crippen LogP contribution in [0.1, 0.15) is 66.7 Å². The molecule has 0 aliphatic rings. The van der Waals surface area contributed by atoms with Crippen LogP contribution in [0.3, 0.4) is 0 Å². The van der Waals surface area contributed by atoms with E-state index in [-0.39, 0.29) is 16.6 Å². The molecule has 132 valence electrons. The molecule has 5 heteroatoms. The van der Waals surface area contributed by atoms with Crippen molar-refractivity contribution in [3.05, 3.63) is 0 Å². The Balaban J connectivity index is 4.36. The summed E-state index contributed by atoms with van der Waals surface area (Å²) in [5.41, 5.74) is 0. The number of Topliss-reactive ketones (excluding diaryl/α,β-unsaturated/α-hetero) is 1. The van der Waals surface area contributed by atoms with E-state index in [4.69, 9.17) is 0 Å². The number of nitrogens with one attached hydrogen (secondary N) is 2. The molecule has 2 atom stereocenters. The van der Waals surface area contributed by atoms with E-state index in [1.807, 2.05) is 28.6 Å². The Morgan fingerprint density at radius 3 is 2.36 bits per heavy atom. The molecule has 0 rings (SSSR count). The normalized spacial score (nSPS) is 14.8. The largest absolute Gasteiger partial charge is 0.318 e. The van der Waals surface area contributed by atoms with Gasteiger partial charge in [0.25, 0.3) is 0 Å². The minimum Gasteiger partial charge on any atom is -0.318 e. The zero-order valence-corrected chi connectivity index (χ0v) is 17.0. The third kappa shape index (κ3) is 10.9. The molecule has 0 saturated heterocycles. The fourth-order valence-electron chi connectivity index (χ4n) is 2.39. The topological polar surface area (TPSA) is 41.1 Å². The highest BCUT2D eigenvalue weighted by Crippen LogP contribution is 2.35. The molecule has 0 aliphatic carbocycles. The van der Waals surface area contributed by atoms with Gasteiger partial charge in [0.15, 0.2) is 0 Å². The summed E-state index contributed by atoms with van der Waals surface area (Å²) in [4.78, 5) is 11.9. The third-order valence-corrected chi connectivity index (χ3v) is 6.89. The monoisotopic (exact) mass is 348 g/mol. The second kappa shape index (κ2) is 12.7. The van der Waals surface area contributed by atoms with E-state index in [9.17, 15) is 4.79 Å². The van der Waals surface area contributed by atoms with Crippen LogP contribution < -0.4 is 10.6 Å². The van der Waals surface area contributed by atoms with Gasteiger partial charge in [0, 0.05) is 23.1 Å². The predicted molar refractivity (Wildman–Crippen MR) is 104 cm³/mol. The average Bonchev–Trinajstić information content (AvgIpc) is 2.43. The lowest BCUT2D eigenvalue weighted by molar-refractivity contribution is -0.118. The van der Waals surface area contributed by atoms with Crippen molar-refractivity contribution in [1.29, 1.82) is 0 Å². The molecule has 0 aromatic heterocycles. The Bertz CT molecular complexity index is 298. The molecular formula is C17H36N2OS2. The van der Waals surface area contributed by atoms with E-state index in [0.717, 1.165) is 18.7 Å². The van der Waals surface area contributed by atoms with Gasteiger partial charge in [-0.2, -0.15) is 0 Å². The quantitative estimate of drug-likeness (QED) is 0.459. The van der Waals surface area contributed by atoms with Crippen LogP contribution in [0.5, 0.6) is 0 Å². The van der Waals surface area contributed by atoms with Gasteiger partial charge < -0.3 is 10.6 Å². The minimum absolute atomic E-state index is 0.0173. The molecule has 0 bridgehead atoms. The van der Waals surface area contributed by atoms with Crippen molar-refractivity contribution >= 4 is 27.4 Å². The molecule has 0 spiro atoms. The Kier molecular flexibility index (Phi) is 12.8. The first-order valence-electron chi connectivity index (χ1n) is 8.58. The smallest absolute Gasteiger partial charge is 0.147 e. The lowest BCUT2D eigenvalue weighted by Gasteiger charge is -2.26. The van der Waals surface area contributed by atoms with Crippen molar-refractivity contribution in [2.24, 2.45) is 0 Å². The summed E-state index contributed by atoms with van der Waals surface area (Å²) in [6.07, 6.45) is 5.96. The first-order chi connectivity index (χ1) is 10.4. The maximum Gasteiger partial charge on any atom is 0.147 e. The van der Waals surface area contributed by atoms with E-state index < -0.39 is 0 Å². The number of hydrogen-bond donors (Lipinski definition) is 2. The SMILES string of the molecule is CCCCC(CCC)NC(CSSC(C)(C)CNC)C(C)=O. The molecular weight excluding hydrogens is 312 g/mol. The maximum atomic E-state index is 11.9. The molecule has 0 amide bonds. The zero-order chi connectivity index (χ0) is 17.0. The number of rotatable bonds is 14. The van der Waals surface area contributed by atoms with Crippen LogP contribution >= 0.6 is 21.6 Å². The number of ketones is 1. The highest BCUT2D eigenvalue weighted by molar-refractivity contribution is 8.77. The minimum atomic E-state index is -0.0173. The summed E-state index contributed by atoms with van der Waals surface area (Å²) in [6.45, 7) is 11.6. The molecule has 0 radical (unpaired) electrons. The van der Waals surface area contributed by atoms with Gasteiger partial charge >= 0.3 is 0 Å². The van der Waals surface area contributed by atoms with E-state index >= 15 is 0 Å². The highest BCUT2D eigenvalue weighted by Gasteiger charge is 2.22. The van der Waals surface area contributed by atoms with Crippen molar-refractivity contribution in [1.82, 2.24) is 10.6 Å². The Morgan fingerprint density at radius 1 is 1.18 bits per heavy atom. The van der Waals surface area contributed by atoms with Crippen molar-refractivity contribution < 1.29 is 4.79 Å². The van der Waals surface area contributed by atoms with Crippen molar-refractivity contribution in [2.45, 2.75) is 83.6 Å². The molecule has 0 aromatic rings. The summed E-state index contributed by atoms with van der Waals surface area (Å²) in [7, 11) is 5.67. The second-order valence-corrected chi connectivity index (χ2v) is 9.66. The van der Waals surface area contributed by atoms with E-state index in [2.05, 4.69) is 38.3 Å². The maximum absolute atomic E-state index is 11.9. The first kappa shape index (κ1) is 22.3. The molecule has 0 aromatic carbocycles. The summed E-state index contributed by atoms with van der Waals surface area (Å²) >= 11 is 0. The van der Waals surface area contributed by atoms with E-state index in [1.54, 1.807) is 6.92 Å². The predicted octanol–water partition coefficient (Wildman–Crippen LogP) is 4.27. The lowest BCUT2D eigenvalue weighted by Crippen LogP contribution is -2.44. The highest BCUT2D eigenvalue weighted by atomic mass is 33.1. The molecule has 0 aliphatic heterocycles. The van der Waals surface area contributed by atoms with E-state index in [1.165, 1.54) is 25.7 Å². The zero-order valence-electron chi connectivity index (χ0n) is 15.3. The van der Waals surface area contributed by atoms with Crippen LogP contribution in [0.15, 0.2) is 0 Å². The van der Waals surface area contributed by atoms with Crippen LogP contribution in [0, 0.1) is 0 Å². The number of hydrogen-bond acceptors (Lipinski definition) is 5. The van der Waals surface area contributed by atoms with Crippen LogP contribution in [-0.4, -0.2) is 42.0 Å². The number of carbonyl (C=O) groups is 1. The Hall–Kier alpha value is 0.290. The van der Waals surface area contributed by atoms with Gasteiger partial charge in [0.2, 0.25) is 0 Å². The standard InChI is InChI=1S/C17H36N2OS2/c1-7-9-11-15(10-8-2)19-16(14(3)20)12-21-22-17(4,5)13-18-6/h15-16,18-19H,7-13H2,1-6H3. The van der Waals surface area contributed by atoms with E-state index in [0.29, 0.717) is 6.04 Å². The van der Waals surface area contributed by atoms with Crippen LogP contribution in [-0.2, 0) is 4.79 Å². The number of carbonyl (C=O) groups excluding carboxylic acids is 1. The van der Waals surface area contributed by atoms with Crippen molar-refractivity contribution in [3.63, 3.8) is 0 Å². The Labute approximate surface area is 145 Å². The molecule has 0 heterocycles. The van der Waals surface area contributed by atoms with Crippen molar-refractivity contribution in [2.75, 3.05) is 19.3 Å². The molecule has 0 saturated carbocycles. The van der Waals surface area contributed by atoms with Gasteiger partial charge in [-0.05, 0) is 40.7 Å². The fraction of sp³-hybridized carbons (Fsp3) is 0.941. The van der Waals surface area contributed by atoms with Gasteiger partial charge in [0.1, 0.15) is 5.78 Å². The summed E-state index contributed by atoms with van der Waals surface area (Å²) < 4.78 is 0.186. The van der Waals surface area contributed by atoms with Gasteiger partial charge in [-0.1, -0.05) is 54.7 Å². The summed E-state index contributed by atoms with van der Waals surface area (Å²) in [5.74, 6) is 1.11. The fourth-order valence-corrected chi connectivity index (χ4v) is 5.20. The van der Waals surface area contributed by atoms with Crippen LogP contribution in [0.25, 0.3) is 0 Å². The Morgan fingerprint density at radius 2 is 1.86 bits per heavy atom. The second-order valence-electron chi connectivity index (χ2n) is 6.62. The van der Waals surface area contributed by atoms with Gasteiger partial charge in [-0.25, -0.2) is 0 Å². The van der Waals surface area contributed by atoms with Crippen LogP contribution in [0.2, 0.25) is 0 Å².